The Hall–Kier alpha value is -1.08. The van der Waals surface area contributed by atoms with Gasteiger partial charge in [-0.2, -0.15) is 0 Å². The third-order valence-electron chi connectivity index (χ3n) is 2.25. The maximum Gasteiger partial charge on any atom is 0.0449 e. The molecule has 0 atom stereocenters. The van der Waals surface area contributed by atoms with Gasteiger partial charge in [0.05, 0.1) is 0 Å². The second kappa shape index (κ2) is 4.43. The summed E-state index contributed by atoms with van der Waals surface area (Å²) in [6.45, 7) is 2.21. The zero-order valence-corrected chi connectivity index (χ0v) is 9.10. The van der Waals surface area contributed by atoms with Crippen LogP contribution in [0.2, 0.25) is 0 Å². The molecule has 0 saturated heterocycles. The third-order valence-corrected chi connectivity index (χ3v) is 3.09. The molecular weight excluding hydrogens is 188 g/mol. The van der Waals surface area contributed by atoms with Crippen LogP contribution >= 0.6 is 11.3 Å². The van der Waals surface area contributed by atoms with Gasteiger partial charge in [0.2, 0.25) is 0 Å². The predicted molar refractivity (Wildman–Crippen MR) is 62.6 cm³/mol. The molecule has 0 saturated carbocycles. The highest BCUT2D eigenvalue weighted by Crippen LogP contribution is 2.24. The molecule has 14 heavy (non-hydrogen) atoms. The molecule has 2 aromatic rings. The minimum absolute atomic E-state index is 1.18. The maximum absolute atomic E-state index is 3.11. The zero-order chi connectivity index (χ0) is 9.80. The third kappa shape index (κ3) is 2.05. The van der Waals surface area contributed by atoms with Crippen LogP contribution in [0, 0.1) is 5.38 Å². The van der Waals surface area contributed by atoms with Crippen molar-refractivity contribution in [2.24, 2.45) is 0 Å². The molecular formula is C13H13S. The summed E-state index contributed by atoms with van der Waals surface area (Å²) in [5, 5.41) is 3.11. The molecule has 0 spiro atoms. The highest BCUT2D eigenvalue weighted by atomic mass is 32.1. The quantitative estimate of drug-likeness (QED) is 0.699. The van der Waals surface area contributed by atoms with Crippen molar-refractivity contribution in [2.45, 2.75) is 19.8 Å². The summed E-state index contributed by atoms with van der Waals surface area (Å²) >= 11 is 1.67. The van der Waals surface area contributed by atoms with Crippen LogP contribution in [0.4, 0.5) is 0 Å². The maximum atomic E-state index is 3.11. The Morgan fingerprint density at radius 3 is 2.50 bits per heavy atom. The van der Waals surface area contributed by atoms with Gasteiger partial charge in [0, 0.05) is 10.3 Å². The Labute approximate surface area is 89.2 Å². The first-order valence-electron chi connectivity index (χ1n) is 4.95. The molecule has 0 N–H and O–H groups in total. The first-order chi connectivity index (χ1) is 6.90. The normalized spacial score (nSPS) is 10.4. The number of thiophene rings is 1. The molecule has 1 heteroatoms. The van der Waals surface area contributed by atoms with E-state index in [4.69, 9.17) is 0 Å². The van der Waals surface area contributed by atoms with Crippen LogP contribution in [0.25, 0.3) is 10.4 Å². The lowest BCUT2D eigenvalue weighted by atomic mass is 10.1. The van der Waals surface area contributed by atoms with Crippen LogP contribution in [0.15, 0.2) is 36.4 Å². The minimum Gasteiger partial charge on any atom is -0.134 e. The van der Waals surface area contributed by atoms with Gasteiger partial charge in [0.15, 0.2) is 0 Å². The Kier molecular flexibility index (Phi) is 3.00. The van der Waals surface area contributed by atoms with Crippen molar-refractivity contribution in [3.8, 4) is 10.4 Å². The van der Waals surface area contributed by atoms with E-state index in [-0.39, 0.29) is 0 Å². The van der Waals surface area contributed by atoms with Gasteiger partial charge in [-0.05, 0) is 29.7 Å². The molecule has 0 bridgehead atoms. The highest BCUT2D eigenvalue weighted by Gasteiger charge is 1.97. The summed E-state index contributed by atoms with van der Waals surface area (Å²) < 4.78 is 0. The Morgan fingerprint density at radius 2 is 1.93 bits per heavy atom. The lowest BCUT2D eigenvalue weighted by Gasteiger charge is -2.00. The standard InChI is InChI=1S/C13H13S/c1-2-4-11-6-8-12(9-7-11)13-5-3-10-14-13/h3,5-9H,2,4H2,1H3. The van der Waals surface area contributed by atoms with Crippen molar-refractivity contribution in [2.75, 3.05) is 0 Å². The van der Waals surface area contributed by atoms with E-state index in [0.29, 0.717) is 0 Å². The summed E-state index contributed by atoms with van der Waals surface area (Å²) in [6, 6.07) is 12.9. The van der Waals surface area contributed by atoms with Gasteiger partial charge in [0.1, 0.15) is 0 Å². The highest BCUT2D eigenvalue weighted by molar-refractivity contribution is 7.13. The summed E-state index contributed by atoms with van der Waals surface area (Å²) in [4.78, 5) is 1.30. The molecule has 0 aliphatic heterocycles. The smallest absolute Gasteiger partial charge is 0.0449 e. The molecule has 0 aliphatic carbocycles. The lowest BCUT2D eigenvalue weighted by Crippen LogP contribution is -1.81. The van der Waals surface area contributed by atoms with E-state index < -0.39 is 0 Å². The fourth-order valence-corrected chi connectivity index (χ4v) is 2.17. The van der Waals surface area contributed by atoms with E-state index in [1.807, 2.05) is 6.07 Å². The topological polar surface area (TPSA) is 0 Å². The Balaban J connectivity index is 2.22. The van der Waals surface area contributed by atoms with Crippen molar-refractivity contribution in [3.05, 3.63) is 47.3 Å². The van der Waals surface area contributed by atoms with Crippen LogP contribution in [-0.4, -0.2) is 0 Å². The van der Waals surface area contributed by atoms with Gasteiger partial charge >= 0.3 is 0 Å². The fourth-order valence-electron chi connectivity index (χ4n) is 1.52. The number of rotatable bonds is 3. The van der Waals surface area contributed by atoms with Gasteiger partial charge in [-0.1, -0.05) is 37.6 Å². The van der Waals surface area contributed by atoms with Crippen LogP contribution in [0.3, 0.4) is 0 Å². The fraction of sp³-hybridized carbons (Fsp3) is 0.231. The van der Waals surface area contributed by atoms with Crippen LogP contribution in [0.1, 0.15) is 18.9 Å². The number of hydrogen-bond donors (Lipinski definition) is 0. The molecule has 1 aromatic carbocycles. The Bertz CT molecular complexity index is 370. The van der Waals surface area contributed by atoms with E-state index in [2.05, 4.69) is 42.6 Å². The average molecular weight is 201 g/mol. The predicted octanol–water partition coefficient (Wildman–Crippen LogP) is 4.17. The van der Waals surface area contributed by atoms with E-state index in [1.54, 1.807) is 11.3 Å². The van der Waals surface area contributed by atoms with Crippen LogP contribution in [0.5, 0.6) is 0 Å². The number of benzene rings is 1. The average Bonchev–Trinajstić information content (AvgIpc) is 2.72. The molecule has 1 aromatic heterocycles. The van der Waals surface area contributed by atoms with Gasteiger partial charge in [-0.3, -0.25) is 0 Å². The summed E-state index contributed by atoms with van der Waals surface area (Å²) in [7, 11) is 0. The first kappa shape index (κ1) is 9.47. The second-order valence-corrected chi connectivity index (χ2v) is 4.24. The van der Waals surface area contributed by atoms with Crippen molar-refractivity contribution in [1.82, 2.24) is 0 Å². The first-order valence-corrected chi connectivity index (χ1v) is 5.77. The molecule has 0 fully saturated rings. The van der Waals surface area contributed by atoms with Crippen LogP contribution in [-0.2, 0) is 6.42 Å². The van der Waals surface area contributed by atoms with E-state index in [1.165, 1.54) is 28.8 Å². The molecule has 2 rings (SSSR count). The van der Waals surface area contributed by atoms with Crippen molar-refractivity contribution >= 4 is 11.3 Å². The minimum atomic E-state index is 1.18. The van der Waals surface area contributed by atoms with Gasteiger partial charge < -0.3 is 0 Å². The van der Waals surface area contributed by atoms with Crippen molar-refractivity contribution in [3.63, 3.8) is 0 Å². The van der Waals surface area contributed by atoms with E-state index in [0.717, 1.165) is 0 Å². The van der Waals surface area contributed by atoms with Crippen LogP contribution < -0.4 is 0 Å². The molecule has 1 heterocycles. The van der Waals surface area contributed by atoms with Gasteiger partial charge in [0.25, 0.3) is 0 Å². The second-order valence-electron chi connectivity index (χ2n) is 3.36. The SMILES string of the molecule is CCCc1ccc(-c2cc[c]s2)cc1. The lowest BCUT2D eigenvalue weighted by molar-refractivity contribution is 0.922. The van der Waals surface area contributed by atoms with E-state index >= 15 is 0 Å². The summed E-state index contributed by atoms with van der Waals surface area (Å²) in [6.07, 6.45) is 2.39. The molecule has 0 amide bonds. The molecule has 0 aliphatic rings. The van der Waals surface area contributed by atoms with Crippen molar-refractivity contribution < 1.29 is 0 Å². The molecule has 71 valence electrons. The zero-order valence-electron chi connectivity index (χ0n) is 8.29. The monoisotopic (exact) mass is 201 g/mol. The summed E-state index contributed by atoms with van der Waals surface area (Å²) in [5.41, 5.74) is 2.73. The summed E-state index contributed by atoms with van der Waals surface area (Å²) in [5.74, 6) is 0. The van der Waals surface area contributed by atoms with E-state index in [9.17, 15) is 0 Å². The largest absolute Gasteiger partial charge is 0.134 e. The Morgan fingerprint density at radius 1 is 1.14 bits per heavy atom. The number of aryl methyl sites for hydroxylation is 1. The molecule has 0 nitrogen and oxygen atoms in total. The number of hydrogen-bond acceptors (Lipinski definition) is 1. The molecule has 1 radical (unpaired) electrons. The van der Waals surface area contributed by atoms with Gasteiger partial charge in [-0.15, -0.1) is 11.3 Å². The van der Waals surface area contributed by atoms with Gasteiger partial charge in [-0.25, -0.2) is 0 Å². The molecule has 0 unspecified atom stereocenters. The van der Waals surface area contributed by atoms with Crippen molar-refractivity contribution in [1.29, 1.82) is 0 Å².